The van der Waals surface area contributed by atoms with Crippen LogP contribution < -0.4 is 11.4 Å². The fourth-order valence-electron chi connectivity index (χ4n) is 5.45. The molecule has 0 N–H and O–H groups in total. The Kier molecular flexibility index (Phi) is 9.35. The van der Waals surface area contributed by atoms with Gasteiger partial charge in [0.2, 0.25) is 0 Å². The lowest BCUT2D eigenvalue weighted by Gasteiger charge is -2.35. The molecule has 0 aliphatic carbocycles. The first-order valence-electron chi connectivity index (χ1n) is 14.1. The van der Waals surface area contributed by atoms with E-state index in [1.807, 2.05) is 23.9 Å². The molecule has 204 valence electrons. The molecule has 0 fully saturated rings. The van der Waals surface area contributed by atoms with Crippen molar-refractivity contribution in [3.05, 3.63) is 153 Å². The first kappa shape index (κ1) is 27.7. The van der Waals surface area contributed by atoms with Crippen LogP contribution >= 0.6 is 11.8 Å². The lowest BCUT2D eigenvalue weighted by molar-refractivity contribution is 0.408. The molecule has 4 aromatic carbocycles. The maximum atomic E-state index is 12.3. The van der Waals surface area contributed by atoms with Gasteiger partial charge in [0, 0.05) is 6.54 Å². The minimum Gasteiger partial charge on any atom is -0.372 e. The summed E-state index contributed by atoms with van der Waals surface area (Å²) in [7, 11) is 0. The number of nitrogens with zero attached hydrogens (tertiary/aromatic N) is 1. The van der Waals surface area contributed by atoms with Gasteiger partial charge in [-0.05, 0) is 47.4 Å². The molecule has 0 aliphatic heterocycles. The molecular formula is C35H35NO3S. The molecule has 1 heterocycles. The lowest BCUT2D eigenvalue weighted by atomic mass is 9.84. The van der Waals surface area contributed by atoms with E-state index in [1.54, 1.807) is 16.7 Å². The maximum Gasteiger partial charge on any atom is 0.422 e. The van der Waals surface area contributed by atoms with Gasteiger partial charge in [-0.3, -0.25) is 4.57 Å². The van der Waals surface area contributed by atoms with E-state index >= 15 is 0 Å². The third kappa shape index (κ3) is 6.15. The smallest absolute Gasteiger partial charge is 0.372 e. The van der Waals surface area contributed by atoms with Crippen molar-refractivity contribution in [2.45, 2.75) is 49.8 Å². The molecule has 5 rings (SSSR count). The van der Waals surface area contributed by atoms with E-state index in [2.05, 4.69) is 91.0 Å². The van der Waals surface area contributed by atoms with Gasteiger partial charge in [0.05, 0.1) is 15.6 Å². The summed E-state index contributed by atoms with van der Waals surface area (Å²) in [4.78, 5) is 24.2. The van der Waals surface area contributed by atoms with Crippen LogP contribution in [0.3, 0.4) is 0 Å². The van der Waals surface area contributed by atoms with Crippen molar-refractivity contribution >= 4 is 22.7 Å². The number of hydrogen-bond acceptors (Lipinski definition) is 4. The van der Waals surface area contributed by atoms with Gasteiger partial charge in [0.25, 0.3) is 0 Å². The number of aromatic nitrogens is 1. The van der Waals surface area contributed by atoms with Crippen LogP contribution in [-0.2, 0) is 11.3 Å². The Labute approximate surface area is 239 Å². The summed E-state index contributed by atoms with van der Waals surface area (Å²) in [6.07, 6.45) is 6.52. The van der Waals surface area contributed by atoms with Crippen molar-refractivity contribution in [1.29, 1.82) is 0 Å². The predicted molar refractivity (Wildman–Crippen MR) is 166 cm³/mol. The van der Waals surface area contributed by atoms with Gasteiger partial charge in [0.15, 0.2) is 0 Å². The first-order chi connectivity index (χ1) is 19.7. The Morgan fingerprint density at radius 3 is 1.62 bits per heavy atom. The van der Waals surface area contributed by atoms with E-state index < -0.39 is 11.4 Å². The van der Waals surface area contributed by atoms with E-state index in [4.69, 9.17) is 4.42 Å². The fraction of sp³-hybridized carbons (Fsp3) is 0.257. The molecule has 40 heavy (non-hydrogen) atoms. The van der Waals surface area contributed by atoms with Gasteiger partial charge in [-0.2, -0.15) is 0 Å². The maximum absolute atomic E-state index is 12.3. The van der Waals surface area contributed by atoms with Crippen molar-refractivity contribution in [2.24, 2.45) is 0 Å². The standard InChI is InChI=1S/C35H35NO3S/c37-33-31-24-14-15-25-32(31)36(34(38)39-33)26-16-3-1-2-4-17-27-40-35(28-18-8-5-9-19-28,29-20-10-6-11-21-29)30-22-12-7-13-23-30/h5-15,18-25H,1-4,16-17,26-27H2. The summed E-state index contributed by atoms with van der Waals surface area (Å²) < 4.78 is 6.24. The normalized spacial score (nSPS) is 11.6. The van der Waals surface area contributed by atoms with Crippen molar-refractivity contribution in [1.82, 2.24) is 4.57 Å². The molecule has 5 heteroatoms. The van der Waals surface area contributed by atoms with Gasteiger partial charge in [-0.15, -0.1) is 11.8 Å². The molecular weight excluding hydrogens is 514 g/mol. The van der Waals surface area contributed by atoms with Crippen LogP contribution in [0, 0.1) is 0 Å². The molecule has 0 atom stereocenters. The topological polar surface area (TPSA) is 52.2 Å². The van der Waals surface area contributed by atoms with E-state index in [1.165, 1.54) is 23.1 Å². The molecule has 0 saturated carbocycles. The summed E-state index contributed by atoms with van der Waals surface area (Å²) in [5, 5.41) is 0.456. The van der Waals surface area contributed by atoms with Crippen LogP contribution in [0.25, 0.3) is 10.9 Å². The Morgan fingerprint density at radius 1 is 0.575 bits per heavy atom. The molecule has 4 nitrogen and oxygen atoms in total. The average molecular weight is 550 g/mol. The summed E-state index contributed by atoms with van der Waals surface area (Å²) in [5.41, 5.74) is 4.00. The van der Waals surface area contributed by atoms with Crippen LogP contribution in [0.2, 0.25) is 0 Å². The molecule has 1 aromatic heterocycles. The minimum atomic E-state index is -0.570. The molecule has 0 amide bonds. The molecule has 0 spiro atoms. The zero-order valence-electron chi connectivity index (χ0n) is 22.7. The van der Waals surface area contributed by atoms with Crippen LogP contribution in [0.5, 0.6) is 0 Å². The highest BCUT2D eigenvalue weighted by Crippen LogP contribution is 2.48. The molecule has 0 aliphatic rings. The highest BCUT2D eigenvalue weighted by Gasteiger charge is 2.36. The van der Waals surface area contributed by atoms with Crippen molar-refractivity contribution in [3.8, 4) is 0 Å². The van der Waals surface area contributed by atoms with Crippen LogP contribution in [-0.4, -0.2) is 10.3 Å². The Bertz CT molecular complexity index is 1510. The first-order valence-corrected chi connectivity index (χ1v) is 15.1. The van der Waals surface area contributed by atoms with Crippen LogP contribution in [0.1, 0.15) is 55.2 Å². The lowest BCUT2D eigenvalue weighted by Crippen LogP contribution is -2.26. The van der Waals surface area contributed by atoms with Gasteiger partial charge in [-0.1, -0.05) is 129 Å². The zero-order valence-corrected chi connectivity index (χ0v) is 23.5. The third-order valence-corrected chi connectivity index (χ3v) is 9.08. The van der Waals surface area contributed by atoms with Crippen molar-refractivity contribution in [3.63, 3.8) is 0 Å². The van der Waals surface area contributed by atoms with Gasteiger partial charge < -0.3 is 4.42 Å². The summed E-state index contributed by atoms with van der Waals surface area (Å²) in [6.45, 7) is 0.562. The number of aryl methyl sites for hydroxylation is 1. The number of para-hydroxylation sites is 1. The Balaban J connectivity index is 1.17. The predicted octanol–water partition coefficient (Wildman–Crippen LogP) is 8.02. The number of benzene rings is 4. The zero-order chi connectivity index (χ0) is 27.6. The second-order valence-electron chi connectivity index (χ2n) is 10.1. The summed E-state index contributed by atoms with van der Waals surface area (Å²) >= 11 is 2.02. The highest BCUT2D eigenvalue weighted by atomic mass is 32.2. The van der Waals surface area contributed by atoms with Crippen molar-refractivity contribution in [2.75, 3.05) is 5.75 Å². The number of rotatable bonds is 13. The third-order valence-electron chi connectivity index (χ3n) is 7.45. The van der Waals surface area contributed by atoms with Crippen LogP contribution in [0.4, 0.5) is 0 Å². The fourth-order valence-corrected chi connectivity index (χ4v) is 7.02. The molecule has 0 radical (unpaired) electrons. The summed E-state index contributed by atoms with van der Waals surface area (Å²) in [6, 6.07) is 39.7. The molecule has 0 unspecified atom stereocenters. The average Bonchev–Trinajstić information content (AvgIpc) is 3.01. The molecule has 0 saturated heterocycles. The van der Waals surface area contributed by atoms with E-state index in [-0.39, 0.29) is 4.75 Å². The summed E-state index contributed by atoms with van der Waals surface area (Å²) in [5.74, 6) is 0.489. The monoisotopic (exact) mass is 549 g/mol. The van der Waals surface area contributed by atoms with Crippen LogP contribution in [0.15, 0.2) is 129 Å². The largest absolute Gasteiger partial charge is 0.422 e. The minimum absolute atomic E-state index is 0.259. The van der Waals surface area contributed by atoms with Gasteiger partial charge >= 0.3 is 11.4 Å². The van der Waals surface area contributed by atoms with Gasteiger partial charge in [0.1, 0.15) is 0 Å². The van der Waals surface area contributed by atoms with E-state index in [9.17, 15) is 9.59 Å². The number of unbranched alkanes of at least 4 members (excludes halogenated alkanes) is 5. The second-order valence-corrected chi connectivity index (χ2v) is 11.4. The number of hydrogen-bond donors (Lipinski definition) is 0. The Hall–Kier alpha value is -3.83. The van der Waals surface area contributed by atoms with Crippen molar-refractivity contribution < 1.29 is 4.42 Å². The van der Waals surface area contributed by atoms with E-state index in [0.29, 0.717) is 17.4 Å². The highest BCUT2D eigenvalue weighted by molar-refractivity contribution is 8.00. The number of fused-ring (bicyclic) bond motifs is 1. The van der Waals surface area contributed by atoms with E-state index in [0.717, 1.165) is 37.9 Å². The quantitative estimate of drug-likeness (QED) is 0.110. The number of thioether (sulfide) groups is 1. The Morgan fingerprint density at radius 2 is 1.05 bits per heavy atom. The molecule has 5 aromatic rings. The molecule has 0 bridgehead atoms. The second kappa shape index (κ2) is 13.5. The van der Waals surface area contributed by atoms with Gasteiger partial charge in [-0.25, -0.2) is 9.59 Å². The SMILES string of the molecule is O=c1oc(=O)n(CCCCCCCCSC(c2ccccc2)(c2ccccc2)c2ccccc2)c2ccccc12.